The molecule has 5 nitrogen and oxygen atoms in total. The van der Waals surface area contributed by atoms with Gasteiger partial charge in [0.05, 0.1) is 13.0 Å². The van der Waals surface area contributed by atoms with Gasteiger partial charge in [0.25, 0.3) is 0 Å². The first kappa shape index (κ1) is 12.3. The van der Waals surface area contributed by atoms with Crippen molar-refractivity contribution in [2.24, 2.45) is 0 Å². The van der Waals surface area contributed by atoms with E-state index in [9.17, 15) is 4.79 Å². The summed E-state index contributed by atoms with van der Waals surface area (Å²) in [6, 6.07) is 7.52. The number of carbonyl (C=O) groups is 1. The van der Waals surface area contributed by atoms with Crippen molar-refractivity contribution in [1.82, 2.24) is 14.8 Å². The maximum atomic E-state index is 10.6. The molecule has 0 aliphatic carbocycles. The zero-order valence-electron chi connectivity index (χ0n) is 10.4. The van der Waals surface area contributed by atoms with Crippen molar-refractivity contribution in [3.63, 3.8) is 0 Å². The van der Waals surface area contributed by atoms with Crippen molar-refractivity contribution < 1.29 is 9.90 Å². The molecule has 0 amide bonds. The maximum absolute atomic E-state index is 10.6. The van der Waals surface area contributed by atoms with Gasteiger partial charge in [-0.15, -0.1) is 0 Å². The number of hydrogen-bond acceptors (Lipinski definition) is 3. The predicted molar refractivity (Wildman–Crippen MR) is 66.4 cm³/mol. The van der Waals surface area contributed by atoms with E-state index >= 15 is 0 Å². The van der Waals surface area contributed by atoms with Crippen LogP contribution in [0.25, 0.3) is 0 Å². The van der Waals surface area contributed by atoms with E-state index in [1.807, 2.05) is 42.8 Å². The highest BCUT2D eigenvalue weighted by atomic mass is 16.4. The van der Waals surface area contributed by atoms with Gasteiger partial charge in [-0.1, -0.05) is 24.3 Å². The second kappa shape index (κ2) is 5.00. The van der Waals surface area contributed by atoms with Crippen LogP contribution in [-0.4, -0.2) is 25.8 Å². The van der Waals surface area contributed by atoms with Crippen LogP contribution in [0.5, 0.6) is 0 Å². The second-order valence-corrected chi connectivity index (χ2v) is 4.25. The number of rotatable bonds is 4. The normalized spacial score (nSPS) is 10.6. The third kappa shape index (κ3) is 2.94. The maximum Gasteiger partial charge on any atom is 0.307 e. The van der Waals surface area contributed by atoms with Crippen molar-refractivity contribution in [2.45, 2.75) is 26.8 Å². The van der Waals surface area contributed by atoms with Crippen molar-refractivity contribution in [3.8, 4) is 0 Å². The summed E-state index contributed by atoms with van der Waals surface area (Å²) in [5.74, 6) is 0.822. The first-order valence-electron chi connectivity index (χ1n) is 5.72. The van der Waals surface area contributed by atoms with Gasteiger partial charge in [-0.05, 0) is 25.0 Å². The predicted octanol–water partition coefficient (Wildman–Crippen LogP) is 1.57. The summed E-state index contributed by atoms with van der Waals surface area (Å²) in [6.45, 7) is 4.43. The summed E-state index contributed by atoms with van der Waals surface area (Å²) in [5, 5.41) is 13.0. The molecule has 0 spiro atoms. The van der Waals surface area contributed by atoms with Gasteiger partial charge in [0.15, 0.2) is 0 Å². The Bertz CT molecular complexity index is 558. The zero-order chi connectivity index (χ0) is 13.1. The molecular weight excluding hydrogens is 230 g/mol. The lowest BCUT2D eigenvalue weighted by Crippen LogP contribution is -2.05. The molecule has 2 rings (SSSR count). The van der Waals surface area contributed by atoms with Crippen molar-refractivity contribution in [1.29, 1.82) is 0 Å². The SMILES string of the molecule is Cc1nc(C)n(Cc2ccc(CC(=O)O)cc2)n1. The Balaban J connectivity index is 2.11. The number of aryl methyl sites for hydroxylation is 2. The fourth-order valence-corrected chi connectivity index (χ4v) is 1.82. The summed E-state index contributed by atoms with van der Waals surface area (Å²) in [6.07, 6.45) is 0.0573. The van der Waals surface area contributed by atoms with Crippen LogP contribution in [0.2, 0.25) is 0 Å². The number of aliphatic carboxylic acids is 1. The lowest BCUT2D eigenvalue weighted by atomic mass is 10.1. The molecule has 0 unspecified atom stereocenters. The molecule has 94 valence electrons. The van der Waals surface area contributed by atoms with Crippen LogP contribution in [-0.2, 0) is 17.8 Å². The summed E-state index contributed by atoms with van der Waals surface area (Å²) < 4.78 is 1.83. The van der Waals surface area contributed by atoms with Gasteiger partial charge >= 0.3 is 5.97 Å². The molecular formula is C13H15N3O2. The molecule has 0 bridgehead atoms. The molecule has 2 aromatic rings. The van der Waals surface area contributed by atoms with Crippen LogP contribution in [0, 0.1) is 13.8 Å². The van der Waals surface area contributed by atoms with E-state index in [1.165, 1.54) is 0 Å². The minimum absolute atomic E-state index is 0.0573. The Kier molecular flexibility index (Phi) is 3.41. The lowest BCUT2D eigenvalue weighted by Gasteiger charge is -2.04. The van der Waals surface area contributed by atoms with Crippen LogP contribution in [0.1, 0.15) is 22.8 Å². The molecule has 0 aliphatic rings. The second-order valence-electron chi connectivity index (χ2n) is 4.25. The molecule has 1 heterocycles. The van der Waals surface area contributed by atoms with E-state index in [0.29, 0.717) is 6.54 Å². The molecule has 1 aromatic carbocycles. The highest BCUT2D eigenvalue weighted by Gasteiger charge is 2.04. The molecule has 0 radical (unpaired) electrons. The number of nitrogens with zero attached hydrogens (tertiary/aromatic N) is 3. The first-order valence-corrected chi connectivity index (χ1v) is 5.72. The van der Waals surface area contributed by atoms with Crippen LogP contribution < -0.4 is 0 Å². The molecule has 0 atom stereocenters. The van der Waals surface area contributed by atoms with Crippen LogP contribution in [0.4, 0.5) is 0 Å². The Labute approximate surface area is 105 Å². The van der Waals surface area contributed by atoms with E-state index in [4.69, 9.17) is 5.11 Å². The van der Waals surface area contributed by atoms with E-state index in [-0.39, 0.29) is 6.42 Å². The third-order valence-electron chi connectivity index (χ3n) is 2.67. The van der Waals surface area contributed by atoms with Gasteiger partial charge in [0, 0.05) is 0 Å². The van der Waals surface area contributed by atoms with Crippen LogP contribution >= 0.6 is 0 Å². The first-order chi connectivity index (χ1) is 8.54. The standard InChI is InChI=1S/C13H15N3O2/c1-9-14-10(2)16(15-9)8-12-5-3-11(4-6-12)7-13(17)18/h3-6H,7-8H2,1-2H3,(H,17,18). The largest absolute Gasteiger partial charge is 0.481 e. The average molecular weight is 245 g/mol. The number of carboxylic acids is 1. The monoisotopic (exact) mass is 245 g/mol. The molecule has 0 saturated carbocycles. The fourth-order valence-electron chi connectivity index (χ4n) is 1.82. The lowest BCUT2D eigenvalue weighted by molar-refractivity contribution is -0.136. The molecule has 18 heavy (non-hydrogen) atoms. The number of benzene rings is 1. The summed E-state index contributed by atoms with van der Waals surface area (Å²) in [5.41, 5.74) is 1.88. The quantitative estimate of drug-likeness (QED) is 0.887. The highest BCUT2D eigenvalue weighted by molar-refractivity contribution is 5.70. The van der Waals surface area contributed by atoms with E-state index in [1.54, 1.807) is 0 Å². The van der Waals surface area contributed by atoms with Crippen molar-refractivity contribution in [3.05, 3.63) is 47.0 Å². The number of aromatic nitrogens is 3. The molecule has 1 N–H and O–H groups in total. The van der Waals surface area contributed by atoms with E-state index in [0.717, 1.165) is 22.8 Å². The average Bonchev–Trinajstić information content (AvgIpc) is 2.59. The number of carboxylic acid groups (broad SMARTS) is 1. The Morgan fingerprint density at radius 1 is 1.22 bits per heavy atom. The van der Waals surface area contributed by atoms with Gasteiger partial charge in [0.1, 0.15) is 11.6 Å². The van der Waals surface area contributed by atoms with Gasteiger partial charge in [0.2, 0.25) is 0 Å². The van der Waals surface area contributed by atoms with Crippen LogP contribution in [0.3, 0.4) is 0 Å². The Morgan fingerprint density at radius 2 is 1.83 bits per heavy atom. The summed E-state index contributed by atoms with van der Waals surface area (Å²) in [7, 11) is 0. The Morgan fingerprint density at radius 3 is 2.33 bits per heavy atom. The zero-order valence-corrected chi connectivity index (χ0v) is 10.4. The summed E-state index contributed by atoms with van der Waals surface area (Å²) in [4.78, 5) is 14.8. The smallest absolute Gasteiger partial charge is 0.307 e. The van der Waals surface area contributed by atoms with Crippen molar-refractivity contribution in [2.75, 3.05) is 0 Å². The van der Waals surface area contributed by atoms with Crippen molar-refractivity contribution >= 4 is 5.97 Å². The molecule has 5 heteroatoms. The van der Waals surface area contributed by atoms with Crippen LogP contribution in [0.15, 0.2) is 24.3 Å². The third-order valence-corrected chi connectivity index (χ3v) is 2.67. The topological polar surface area (TPSA) is 68.0 Å². The summed E-state index contributed by atoms with van der Waals surface area (Å²) >= 11 is 0. The molecule has 1 aromatic heterocycles. The van der Waals surface area contributed by atoms with Gasteiger partial charge in [-0.25, -0.2) is 9.67 Å². The minimum atomic E-state index is -0.814. The molecule has 0 saturated heterocycles. The minimum Gasteiger partial charge on any atom is -0.481 e. The fraction of sp³-hybridized carbons (Fsp3) is 0.308. The van der Waals surface area contributed by atoms with Gasteiger partial charge in [-0.2, -0.15) is 5.10 Å². The van der Waals surface area contributed by atoms with E-state index < -0.39 is 5.97 Å². The highest BCUT2D eigenvalue weighted by Crippen LogP contribution is 2.08. The van der Waals surface area contributed by atoms with E-state index in [2.05, 4.69) is 10.1 Å². The number of hydrogen-bond donors (Lipinski definition) is 1. The Hall–Kier alpha value is -2.17. The molecule has 0 aliphatic heterocycles. The molecule has 0 fully saturated rings. The van der Waals surface area contributed by atoms with Gasteiger partial charge in [-0.3, -0.25) is 4.79 Å². The van der Waals surface area contributed by atoms with Gasteiger partial charge < -0.3 is 5.11 Å².